The molecule has 0 saturated heterocycles. The second kappa shape index (κ2) is 7.22. The van der Waals surface area contributed by atoms with Crippen LogP contribution in [0.5, 0.6) is 0 Å². The summed E-state index contributed by atoms with van der Waals surface area (Å²) >= 11 is 0. The van der Waals surface area contributed by atoms with Crippen molar-refractivity contribution in [3.05, 3.63) is 81.1 Å². The standard InChI is InChI=1S/C20H17FN4O3/c1-2-11-24-19(26)14-8-4-6-10-16(14)25(20(24)27)12-17-22-18(23-28-17)13-7-3-5-9-15(13)21/h3-10H,2,11-12H2,1H3. The Labute approximate surface area is 158 Å². The number of halogens is 1. The number of benzene rings is 2. The molecule has 2 heterocycles. The fraction of sp³-hybridized carbons (Fsp3) is 0.200. The minimum absolute atomic E-state index is 0.0230. The molecule has 0 aliphatic carbocycles. The van der Waals surface area contributed by atoms with Gasteiger partial charge in [0.05, 0.1) is 16.5 Å². The minimum atomic E-state index is -0.464. The SMILES string of the molecule is CCCn1c(=O)c2ccccc2n(Cc2nc(-c3ccccc3F)no2)c1=O. The first kappa shape index (κ1) is 17.8. The summed E-state index contributed by atoms with van der Waals surface area (Å²) in [6.45, 7) is 2.18. The van der Waals surface area contributed by atoms with Gasteiger partial charge >= 0.3 is 5.69 Å². The van der Waals surface area contributed by atoms with E-state index >= 15 is 0 Å². The average molecular weight is 380 g/mol. The molecule has 2 aromatic heterocycles. The Kier molecular flexibility index (Phi) is 4.60. The summed E-state index contributed by atoms with van der Waals surface area (Å²) in [6, 6.07) is 13.0. The Morgan fingerprint density at radius 1 is 1.04 bits per heavy atom. The van der Waals surface area contributed by atoms with Crippen molar-refractivity contribution < 1.29 is 8.91 Å². The highest BCUT2D eigenvalue weighted by Crippen LogP contribution is 2.19. The van der Waals surface area contributed by atoms with E-state index < -0.39 is 11.5 Å². The largest absolute Gasteiger partial charge is 0.337 e. The molecule has 2 aromatic carbocycles. The van der Waals surface area contributed by atoms with Crippen molar-refractivity contribution in [3.63, 3.8) is 0 Å². The van der Waals surface area contributed by atoms with Gasteiger partial charge in [0.2, 0.25) is 11.7 Å². The van der Waals surface area contributed by atoms with Gasteiger partial charge in [-0.2, -0.15) is 4.98 Å². The van der Waals surface area contributed by atoms with E-state index in [0.717, 1.165) is 0 Å². The maximum Gasteiger partial charge on any atom is 0.331 e. The van der Waals surface area contributed by atoms with Gasteiger partial charge in [-0.1, -0.05) is 36.3 Å². The van der Waals surface area contributed by atoms with Gasteiger partial charge in [0.1, 0.15) is 12.4 Å². The molecule has 0 N–H and O–H groups in total. The lowest BCUT2D eigenvalue weighted by atomic mass is 10.2. The van der Waals surface area contributed by atoms with Crippen LogP contribution in [-0.4, -0.2) is 19.3 Å². The summed E-state index contributed by atoms with van der Waals surface area (Å²) in [5.41, 5.74) is -0.0754. The van der Waals surface area contributed by atoms with Gasteiger partial charge in [-0.05, 0) is 30.7 Å². The van der Waals surface area contributed by atoms with E-state index in [4.69, 9.17) is 4.52 Å². The molecule has 0 fully saturated rings. The van der Waals surface area contributed by atoms with Gasteiger partial charge in [0.25, 0.3) is 5.56 Å². The van der Waals surface area contributed by atoms with Crippen molar-refractivity contribution in [1.82, 2.24) is 19.3 Å². The van der Waals surface area contributed by atoms with Gasteiger partial charge in [-0.3, -0.25) is 13.9 Å². The Morgan fingerprint density at radius 3 is 2.57 bits per heavy atom. The van der Waals surface area contributed by atoms with E-state index in [9.17, 15) is 14.0 Å². The summed E-state index contributed by atoms with van der Waals surface area (Å²) in [5.74, 6) is -0.214. The van der Waals surface area contributed by atoms with Crippen LogP contribution in [0.15, 0.2) is 62.6 Å². The second-order valence-electron chi connectivity index (χ2n) is 6.33. The first-order valence-electron chi connectivity index (χ1n) is 8.90. The number of hydrogen-bond acceptors (Lipinski definition) is 5. The highest BCUT2D eigenvalue weighted by atomic mass is 19.1. The number of nitrogens with zero attached hydrogens (tertiary/aromatic N) is 4. The maximum absolute atomic E-state index is 14.0. The molecule has 0 amide bonds. The predicted molar refractivity (Wildman–Crippen MR) is 102 cm³/mol. The molecule has 142 valence electrons. The Balaban J connectivity index is 1.82. The van der Waals surface area contributed by atoms with Crippen LogP contribution in [0.4, 0.5) is 4.39 Å². The molecule has 4 rings (SSSR count). The Morgan fingerprint density at radius 2 is 1.79 bits per heavy atom. The highest BCUT2D eigenvalue weighted by molar-refractivity contribution is 5.77. The molecule has 0 aliphatic rings. The number of hydrogen-bond donors (Lipinski definition) is 0. The predicted octanol–water partition coefficient (Wildman–Crippen LogP) is 2.81. The van der Waals surface area contributed by atoms with Crippen LogP contribution in [0.25, 0.3) is 22.3 Å². The van der Waals surface area contributed by atoms with Crippen LogP contribution >= 0.6 is 0 Å². The maximum atomic E-state index is 14.0. The number of para-hydroxylation sites is 1. The van der Waals surface area contributed by atoms with E-state index in [2.05, 4.69) is 10.1 Å². The third kappa shape index (κ3) is 3.02. The highest BCUT2D eigenvalue weighted by Gasteiger charge is 2.17. The molecular formula is C20H17FN4O3. The third-order valence-electron chi connectivity index (χ3n) is 4.46. The molecule has 0 atom stereocenters. The fourth-order valence-corrected chi connectivity index (χ4v) is 3.15. The van der Waals surface area contributed by atoms with Gasteiger partial charge in [-0.25, -0.2) is 9.18 Å². The zero-order valence-electron chi connectivity index (χ0n) is 15.1. The number of aromatic nitrogens is 4. The summed E-state index contributed by atoms with van der Waals surface area (Å²) in [6.07, 6.45) is 0.644. The van der Waals surface area contributed by atoms with Gasteiger partial charge in [0, 0.05) is 6.54 Å². The van der Waals surface area contributed by atoms with E-state index in [1.165, 1.54) is 15.2 Å². The van der Waals surface area contributed by atoms with Crippen LogP contribution in [0, 0.1) is 5.82 Å². The average Bonchev–Trinajstić information content (AvgIpc) is 3.17. The zero-order valence-corrected chi connectivity index (χ0v) is 15.1. The molecule has 0 unspecified atom stereocenters. The van der Waals surface area contributed by atoms with Gasteiger partial charge < -0.3 is 4.52 Å². The lowest BCUT2D eigenvalue weighted by Crippen LogP contribution is -2.40. The van der Waals surface area contributed by atoms with Crippen LogP contribution < -0.4 is 11.2 Å². The van der Waals surface area contributed by atoms with E-state index in [1.54, 1.807) is 42.5 Å². The van der Waals surface area contributed by atoms with E-state index in [-0.39, 0.29) is 29.4 Å². The summed E-state index contributed by atoms with van der Waals surface area (Å²) < 4.78 is 21.8. The Bertz CT molecular complexity index is 1270. The molecular weight excluding hydrogens is 363 g/mol. The monoisotopic (exact) mass is 380 g/mol. The summed E-state index contributed by atoms with van der Waals surface area (Å²) in [7, 11) is 0. The normalized spacial score (nSPS) is 11.2. The van der Waals surface area contributed by atoms with Crippen molar-refractivity contribution in [3.8, 4) is 11.4 Å². The van der Waals surface area contributed by atoms with Crippen molar-refractivity contribution in [1.29, 1.82) is 0 Å². The van der Waals surface area contributed by atoms with Crippen LogP contribution in [0.2, 0.25) is 0 Å². The molecule has 0 spiro atoms. The van der Waals surface area contributed by atoms with Crippen molar-refractivity contribution in [2.24, 2.45) is 0 Å². The molecule has 8 heteroatoms. The van der Waals surface area contributed by atoms with Crippen molar-refractivity contribution >= 4 is 10.9 Å². The van der Waals surface area contributed by atoms with Crippen LogP contribution in [0.1, 0.15) is 19.2 Å². The molecule has 0 bridgehead atoms. The lowest BCUT2D eigenvalue weighted by Gasteiger charge is -2.12. The topological polar surface area (TPSA) is 82.9 Å². The molecule has 7 nitrogen and oxygen atoms in total. The molecule has 28 heavy (non-hydrogen) atoms. The summed E-state index contributed by atoms with van der Waals surface area (Å²) in [4.78, 5) is 29.7. The fourth-order valence-electron chi connectivity index (χ4n) is 3.15. The summed E-state index contributed by atoms with van der Waals surface area (Å²) in [5, 5.41) is 4.25. The smallest absolute Gasteiger partial charge is 0.331 e. The van der Waals surface area contributed by atoms with Crippen molar-refractivity contribution in [2.45, 2.75) is 26.4 Å². The zero-order chi connectivity index (χ0) is 19.7. The minimum Gasteiger partial charge on any atom is -0.337 e. The molecule has 4 aromatic rings. The van der Waals surface area contributed by atoms with Gasteiger partial charge in [-0.15, -0.1) is 0 Å². The van der Waals surface area contributed by atoms with Crippen LogP contribution in [0.3, 0.4) is 0 Å². The Hall–Kier alpha value is -3.55. The first-order chi connectivity index (χ1) is 13.6. The molecule has 0 aliphatic heterocycles. The van der Waals surface area contributed by atoms with Crippen molar-refractivity contribution in [2.75, 3.05) is 0 Å². The molecule has 0 saturated carbocycles. The second-order valence-corrected chi connectivity index (χ2v) is 6.33. The van der Waals surface area contributed by atoms with Crippen LogP contribution in [-0.2, 0) is 13.1 Å². The third-order valence-corrected chi connectivity index (χ3v) is 4.46. The lowest BCUT2D eigenvalue weighted by molar-refractivity contribution is 0.369. The van der Waals surface area contributed by atoms with Gasteiger partial charge in [0.15, 0.2) is 0 Å². The van der Waals surface area contributed by atoms with E-state index in [0.29, 0.717) is 23.9 Å². The first-order valence-corrected chi connectivity index (χ1v) is 8.90. The number of fused-ring (bicyclic) bond motifs is 1. The molecule has 0 radical (unpaired) electrons. The quantitative estimate of drug-likeness (QED) is 0.532. The van der Waals surface area contributed by atoms with E-state index in [1.807, 2.05) is 6.92 Å². The number of rotatable bonds is 5.